The Morgan fingerprint density at radius 2 is 2.00 bits per heavy atom. The molecule has 1 heterocycles. The Kier molecular flexibility index (Phi) is 3.76. The number of rotatable bonds is 4. The third-order valence-electron chi connectivity index (χ3n) is 2.35. The minimum atomic E-state index is -0.973. The minimum Gasteiger partial charge on any atom is -0.476 e. The summed E-state index contributed by atoms with van der Waals surface area (Å²) in [5.41, 5.74) is 1.31. The van der Waals surface area contributed by atoms with Crippen LogP contribution in [0, 0.1) is 0 Å². The van der Waals surface area contributed by atoms with Gasteiger partial charge in [0.05, 0.1) is 0 Å². The standard InChI is InChI=1S/C12H10ClNO2S/c13-9-4-1-8(2-5-9)3-6-10-7-11(12(15)16)14-17-10/h1-2,4-5,7H,3,6H2,(H,15,16). The third kappa shape index (κ3) is 3.28. The normalized spacial score (nSPS) is 10.4. The molecule has 1 aromatic heterocycles. The number of aromatic nitrogens is 1. The maximum Gasteiger partial charge on any atom is 0.355 e. The van der Waals surface area contributed by atoms with Crippen LogP contribution in [0.15, 0.2) is 30.3 Å². The topological polar surface area (TPSA) is 50.2 Å². The molecule has 1 aromatic carbocycles. The van der Waals surface area contributed by atoms with Crippen molar-refractivity contribution in [2.24, 2.45) is 0 Å². The summed E-state index contributed by atoms with van der Waals surface area (Å²) < 4.78 is 3.86. The Hall–Kier alpha value is -1.39. The molecule has 0 aliphatic rings. The molecule has 0 bridgehead atoms. The summed E-state index contributed by atoms with van der Waals surface area (Å²) >= 11 is 7.04. The second-order valence-electron chi connectivity index (χ2n) is 3.61. The summed E-state index contributed by atoms with van der Waals surface area (Å²) in [6.07, 6.45) is 1.66. The first-order valence-corrected chi connectivity index (χ1v) is 6.23. The minimum absolute atomic E-state index is 0.126. The Morgan fingerprint density at radius 3 is 2.59 bits per heavy atom. The molecule has 0 aliphatic heterocycles. The summed E-state index contributed by atoms with van der Waals surface area (Å²) in [6.45, 7) is 0. The summed E-state index contributed by atoms with van der Waals surface area (Å²) in [5.74, 6) is -0.973. The van der Waals surface area contributed by atoms with Gasteiger partial charge in [0.1, 0.15) is 0 Å². The number of carboxylic acids is 1. The fourth-order valence-corrected chi connectivity index (χ4v) is 2.28. The fraction of sp³-hybridized carbons (Fsp3) is 0.167. The smallest absolute Gasteiger partial charge is 0.355 e. The van der Waals surface area contributed by atoms with Gasteiger partial charge in [0, 0.05) is 9.90 Å². The first-order valence-electron chi connectivity index (χ1n) is 5.08. The van der Waals surface area contributed by atoms with Gasteiger partial charge in [-0.05, 0) is 48.1 Å². The highest BCUT2D eigenvalue weighted by Gasteiger charge is 2.08. The second kappa shape index (κ2) is 5.29. The van der Waals surface area contributed by atoms with Crippen molar-refractivity contribution in [1.82, 2.24) is 4.37 Å². The van der Waals surface area contributed by atoms with E-state index in [4.69, 9.17) is 16.7 Å². The van der Waals surface area contributed by atoms with E-state index in [9.17, 15) is 4.79 Å². The third-order valence-corrected chi connectivity index (χ3v) is 3.45. The highest BCUT2D eigenvalue weighted by Crippen LogP contribution is 2.15. The molecular weight excluding hydrogens is 258 g/mol. The average Bonchev–Trinajstić information content (AvgIpc) is 2.77. The van der Waals surface area contributed by atoms with Gasteiger partial charge in [-0.25, -0.2) is 4.79 Å². The SMILES string of the molecule is O=C(O)c1cc(CCc2ccc(Cl)cc2)sn1. The molecule has 0 spiro atoms. The van der Waals surface area contributed by atoms with E-state index in [1.54, 1.807) is 6.07 Å². The van der Waals surface area contributed by atoms with Gasteiger partial charge >= 0.3 is 5.97 Å². The van der Waals surface area contributed by atoms with Gasteiger partial charge in [-0.3, -0.25) is 0 Å². The zero-order chi connectivity index (χ0) is 12.3. The number of aryl methyl sites for hydroxylation is 2. The Balaban J connectivity index is 1.97. The number of carboxylic acid groups (broad SMARTS) is 1. The first-order chi connectivity index (χ1) is 8.15. The summed E-state index contributed by atoms with van der Waals surface area (Å²) in [5, 5.41) is 9.47. The van der Waals surface area contributed by atoms with Crippen LogP contribution >= 0.6 is 23.1 Å². The van der Waals surface area contributed by atoms with Crippen molar-refractivity contribution in [2.75, 3.05) is 0 Å². The molecule has 88 valence electrons. The van der Waals surface area contributed by atoms with Gasteiger partial charge in [-0.1, -0.05) is 23.7 Å². The highest BCUT2D eigenvalue weighted by atomic mass is 35.5. The van der Waals surface area contributed by atoms with Crippen molar-refractivity contribution in [2.45, 2.75) is 12.8 Å². The zero-order valence-corrected chi connectivity index (χ0v) is 10.5. The van der Waals surface area contributed by atoms with E-state index in [1.165, 1.54) is 17.1 Å². The van der Waals surface area contributed by atoms with Gasteiger partial charge < -0.3 is 5.11 Å². The summed E-state index contributed by atoms with van der Waals surface area (Å²) in [6, 6.07) is 9.28. The van der Waals surface area contributed by atoms with Crippen molar-refractivity contribution < 1.29 is 9.90 Å². The Morgan fingerprint density at radius 1 is 1.29 bits per heavy atom. The van der Waals surface area contributed by atoms with Crippen LogP contribution in [0.25, 0.3) is 0 Å². The number of nitrogens with zero attached hydrogens (tertiary/aromatic N) is 1. The van der Waals surface area contributed by atoms with Crippen molar-refractivity contribution in [3.05, 3.63) is 51.5 Å². The molecule has 0 saturated heterocycles. The number of halogens is 1. The molecule has 0 fully saturated rings. The van der Waals surface area contributed by atoms with E-state index in [2.05, 4.69) is 4.37 Å². The number of benzene rings is 1. The number of hydrogen-bond donors (Lipinski definition) is 1. The number of carbonyl (C=O) groups is 1. The molecule has 0 unspecified atom stereocenters. The van der Waals surface area contributed by atoms with Crippen LogP contribution in [0.1, 0.15) is 20.9 Å². The molecule has 2 aromatic rings. The molecular formula is C12H10ClNO2S. The Bertz CT molecular complexity index is 522. The lowest BCUT2D eigenvalue weighted by atomic mass is 10.1. The number of hydrogen-bond acceptors (Lipinski definition) is 3. The first kappa shape index (κ1) is 12.1. The quantitative estimate of drug-likeness (QED) is 0.925. The maximum absolute atomic E-state index is 10.7. The molecule has 5 heteroatoms. The lowest BCUT2D eigenvalue weighted by molar-refractivity contribution is 0.0692. The van der Waals surface area contributed by atoms with Gasteiger partial charge in [0.2, 0.25) is 0 Å². The van der Waals surface area contributed by atoms with Gasteiger partial charge in [0.15, 0.2) is 5.69 Å². The lowest BCUT2D eigenvalue weighted by Crippen LogP contribution is -1.95. The molecule has 0 aliphatic carbocycles. The van der Waals surface area contributed by atoms with Crippen LogP contribution in [-0.2, 0) is 12.8 Å². The zero-order valence-electron chi connectivity index (χ0n) is 8.89. The largest absolute Gasteiger partial charge is 0.476 e. The van der Waals surface area contributed by atoms with Crippen LogP contribution < -0.4 is 0 Å². The van der Waals surface area contributed by atoms with Gasteiger partial charge in [-0.15, -0.1) is 0 Å². The maximum atomic E-state index is 10.7. The van der Waals surface area contributed by atoms with E-state index < -0.39 is 5.97 Å². The lowest BCUT2D eigenvalue weighted by Gasteiger charge is -1.99. The van der Waals surface area contributed by atoms with Crippen molar-refractivity contribution >= 4 is 29.1 Å². The molecule has 0 radical (unpaired) electrons. The van der Waals surface area contributed by atoms with E-state index in [0.717, 1.165) is 22.7 Å². The molecule has 0 saturated carbocycles. The molecule has 0 amide bonds. The molecule has 2 rings (SSSR count). The predicted octanol–water partition coefficient (Wildman–Crippen LogP) is 3.28. The van der Waals surface area contributed by atoms with E-state index in [-0.39, 0.29) is 5.69 Å². The predicted molar refractivity (Wildman–Crippen MR) is 67.9 cm³/mol. The van der Waals surface area contributed by atoms with Crippen LogP contribution in [0.4, 0.5) is 0 Å². The van der Waals surface area contributed by atoms with E-state index in [0.29, 0.717) is 0 Å². The monoisotopic (exact) mass is 267 g/mol. The fourth-order valence-electron chi connectivity index (χ4n) is 1.45. The average molecular weight is 268 g/mol. The summed E-state index contributed by atoms with van der Waals surface area (Å²) in [7, 11) is 0. The highest BCUT2D eigenvalue weighted by molar-refractivity contribution is 7.05. The molecule has 17 heavy (non-hydrogen) atoms. The van der Waals surface area contributed by atoms with Crippen molar-refractivity contribution in [3.8, 4) is 0 Å². The van der Waals surface area contributed by atoms with E-state index >= 15 is 0 Å². The van der Waals surface area contributed by atoms with Crippen LogP contribution in [0.5, 0.6) is 0 Å². The number of aromatic carboxylic acids is 1. The van der Waals surface area contributed by atoms with Gasteiger partial charge in [-0.2, -0.15) is 4.37 Å². The van der Waals surface area contributed by atoms with Gasteiger partial charge in [0.25, 0.3) is 0 Å². The van der Waals surface area contributed by atoms with Crippen molar-refractivity contribution in [1.29, 1.82) is 0 Å². The van der Waals surface area contributed by atoms with Crippen LogP contribution in [0.3, 0.4) is 0 Å². The second-order valence-corrected chi connectivity index (χ2v) is 4.94. The van der Waals surface area contributed by atoms with E-state index in [1.807, 2.05) is 24.3 Å². The van der Waals surface area contributed by atoms with Crippen LogP contribution in [0.2, 0.25) is 5.02 Å². The van der Waals surface area contributed by atoms with Crippen LogP contribution in [-0.4, -0.2) is 15.4 Å². The molecule has 0 atom stereocenters. The molecule has 3 nitrogen and oxygen atoms in total. The Labute approximate surface area is 108 Å². The molecule has 1 N–H and O–H groups in total. The summed E-state index contributed by atoms with van der Waals surface area (Å²) in [4.78, 5) is 11.6. The van der Waals surface area contributed by atoms with Crippen molar-refractivity contribution in [3.63, 3.8) is 0 Å².